The molecule has 2 saturated carbocycles. The minimum absolute atomic E-state index is 0.0370. The van der Waals surface area contributed by atoms with Crippen molar-refractivity contribution in [3.8, 4) is 0 Å². The minimum atomic E-state index is 0.0370. The van der Waals surface area contributed by atoms with E-state index in [9.17, 15) is 4.79 Å². The van der Waals surface area contributed by atoms with Gasteiger partial charge >= 0.3 is 0 Å². The molecule has 0 spiro atoms. The number of rotatable bonds is 5. The third-order valence-corrected chi connectivity index (χ3v) is 5.14. The number of hydrogen-bond donors (Lipinski definition) is 1. The Balaban J connectivity index is 1.49. The normalized spacial score (nSPS) is 20.9. The predicted molar refractivity (Wildman–Crippen MR) is 83.2 cm³/mol. The summed E-state index contributed by atoms with van der Waals surface area (Å²) in [7, 11) is 0. The van der Waals surface area contributed by atoms with Crippen LogP contribution in [0.3, 0.4) is 0 Å². The average Bonchev–Trinajstić information content (AvgIpc) is 3.03. The maximum atomic E-state index is 12.2. The van der Waals surface area contributed by atoms with E-state index in [-0.39, 0.29) is 12.5 Å². The Labute approximate surface area is 132 Å². The second-order valence-corrected chi connectivity index (χ2v) is 6.84. The molecule has 2 aliphatic carbocycles. The lowest BCUT2D eigenvalue weighted by Gasteiger charge is -2.22. The number of hydrogen-bond acceptors (Lipinski definition) is 4. The maximum absolute atomic E-state index is 12.2. The minimum Gasteiger partial charge on any atom is -0.354 e. The summed E-state index contributed by atoms with van der Waals surface area (Å²) in [5.74, 6) is 2.02. The van der Waals surface area contributed by atoms with E-state index in [2.05, 4.69) is 20.8 Å². The fourth-order valence-electron chi connectivity index (χ4n) is 3.82. The number of amides is 1. The van der Waals surface area contributed by atoms with E-state index in [0.717, 1.165) is 25.2 Å². The Kier molecular flexibility index (Phi) is 5.40. The highest BCUT2D eigenvalue weighted by atomic mass is 16.2. The van der Waals surface area contributed by atoms with E-state index in [0.29, 0.717) is 11.8 Å². The third kappa shape index (κ3) is 4.05. The van der Waals surface area contributed by atoms with Crippen molar-refractivity contribution in [1.29, 1.82) is 0 Å². The molecule has 0 atom stereocenters. The molecule has 3 rings (SSSR count). The van der Waals surface area contributed by atoms with Crippen LogP contribution < -0.4 is 5.32 Å². The average molecular weight is 305 g/mol. The Hall–Kier alpha value is -1.46. The van der Waals surface area contributed by atoms with Crippen molar-refractivity contribution in [3.63, 3.8) is 0 Å². The SMILES string of the molecule is O=C(Cn1nnnc1C1CCCCC1)NCC1CCCCC1. The fourth-order valence-corrected chi connectivity index (χ4v) is 3.82. The summed E-state index contributed by atoms with van der Waals surface area (Å²) >= 11 is 0. The lowest BCUT2D eigenvalue weighted by molar-refractivity contribution is -0.122. The van der Waals surface area contributed by atoms with Gasteiger partial charge in [0, 0.05) is 12.5 Å². The van der Waals surface area contributed by atoms with Crippen molar-refractivity contribution in [3.05, 3.63) is 5.82 Å². The van der Waals surface area contributed by atoms with Crippen LogP contribution >= 0.6 is 0 Å². The number of nitrogens with one attached hydrogen (secondary N) is 1. The van der Waals surface area contributed by atoms with Gasteiger partial charge in [-0.3, -0.25) is 4.79 Å². The molecule has 1 N–H and O–H groups in total. The largest absolute Gasteiger partial charge is 0.354 e. The summed E-state index contributed by atoms with van der Waals surface area (Å²) in [5, 5.41) is 15.0. The van der Waals surface area contributed by atoms with Crippen molar-refractivity contribution in [1.82, 2.24) is 25.5 Å². The molecule has 122 valence electrons. The van der Waals surface area contributed by atoms with Gasteiger partial charge in [-0.2, -0.15) is 0 Å². The molecule has 1 amide bonds. The first kappa shape index (κ1) is 15.4. The maximum Gasteiger partial charge on any atom is 0.241 e. The summed E-state index contributed by atoms with van der Waals surface area (Å²) < 4.78 is 1.70. The van der Waals surface area contributed by atoms with E-state index in [1.807, 2.05) is 0 Å². The second kappa shape index (κ2) is 7.70. The lowest BCUT2D eigenvalue weighted by atomic mass is 9.89. The molecule has 2 fully saturated rings. The van der Waals surface area contributed by atoms with Crippen LogP contribution in [0.15, 0.2) is 0 Å². The van der Waals surface area contributed by atoms with E-state index in [1.165, 1.54) is 51.4 Å². The molecule has 0 saturated heterocycles. The first-order valence-corrected chi connectivity index (χ1v) is 8.85. The highest BCUT2D eigenvalue weighted by molar-refractivity contribution is 5.75. The molecule has 1 aromatic rings. The number of carbonyl (C=O) groups is 1. The van der Waals surface area contributed by atoms with Gasteiger partial charge in [0.05, 0.1) is 0 Å². The van der Waals surface area contributed by atoms with E-state index in [4.69, 9.17) is 0 Å². The van der Waals surface area contributed by atoms with Crippen LogP contribution in [-0.2, 0) is 11.3 Å². The van der Waals surface area contributed by atoms with Gasteiger partial charge in [0.25, 0.3) is 0 Å². The van der Waals surface area contributed by atoms with Crippen molar-refractivity contribution in [2.45, 2.75) is 76.7 Å². The van der Waals surface area contributed by atoms with Crippen LogP contribution in [0, 0.1) is 5.92 Å². The summed E-state index contributed by atoms with van der Waals surface area (Å²) in [6, 6.07) is 0. The number of carbonyl (C=O) groups excluding carboxylic acids is 1. The standard InChI is InChI=1S/C16H27N5O/c22-15(17-11-13-7-3-1-4-8-13)12-21-16(18-19-20-21)14-9-5-2-6-10-14/h13-14H,1-12H2,(H,17,22). The van der Waals surface area contributed by atoms with Gasteiger partial charge in [0.15, 0.2) is 5.82 Å². The zero-order valence-electron chi connectivity index (χ0n) is 13.3. The Morgan fingerprint density at radius 2 is 1.73 bits per heavy atom. The predicted octanol–water partition coefficient (Wildman–Crippen LogP) is 2.42. The quantitative estimate of drug-likeness (QED) is 0.906. The molecule has 1 heterocycles. The van der Waals surface area contributed by atoms with Crippen LogP contribution in [0.1, 0.15) is 76.0 Å². The number of aromatic nitrogens is 4. The number of tetrazole rings is 1. The Bertz CT molecular complexity index is 475. The van der Waals surface area contributed by atoms with Gasteiger partial charge in [-0.15, -0.1) is 5.10 Å². The lowest BCUT2D eigenvalue weighted by Crippen LogP contribution is -2.33. The Morgan fingerprint density at radius 1 is 1.05 bits per heavy atom. The van der Waals surface area contributed by atoms with Gasteiger partial charge in [0.1, 0.15) is 6.54 Å². The van der Waals surface area contributed by atoms with E-state index in [1.54, 1.807) is 4.68 Å². The molecule has 1 aromatic heterocycles. The number of nitrogens with zero attached hydrogens (tertiary/aromatic N) is 4. The van der Waals surface area contributed by atoms with Gasteiger partial charge in [-0.25, -0.2) is 4.68 Å². The van der Waals surface area contributed by atoms with Crippen molar-refractivity contribution in [2.24, 2.45) is 5.92 Å². The molecule has 0 aliphatic heterocycles. The van der Waals surface area contributed by atoms with Crippen LogP contribution in [0.5, 0.6) is 0 Å². The zero-order chi connectivity index (χ0) is 15.2. The summed E-state index contributed by atoms with van der Waals surface area (Å²) in [4.78, 5) is 12.2. The molecule has 22 heavy (non-hydrogen) atoms. The van der Waals surface area contributed by atoms with Crippen LogP contribution in [0.2, 0.25) is 0 Å². The highest BCUT2D eigenvalue weighted by Crippen LogP contribution is 2.30. The molecule has 0 bridgehead atoms. The van der Waals surface area contributed by atoms with Gasteiger partial charge in [-0.1, -0.05) is 38.5 Å². The summed E-state index contributed by atoms with van der Waals surface area (Å²) in [6.45, 7) is 1.06. The van der Waals surface area contributed by atoms with Crippen molar-refractivity contribution >= 4 is 5.91 Å². The first-order valence-electron chi connectivity index (χ1n) is 8.85. The summed E-state index contributed by atoms with van der Waals surface area (Å²) in [6.07, 6.45) is 12.5. The molecule has 6 nitrogen and oxygen atoms in total. The Morgan fingerprint density at radius 3 is 2.45 bits per heavy atom. The second-order valence-electron chi connectivity index (χ2n) is 6.84. The zero-order valence-corrected chi connectivity index (χ0v) is 13.3. The van der Waals surface area contributed by atoms with Gasteiger partial charge < -0.3 is 5.32 Å². The molecule has 0 radical (unpaired) electrons. The van der Waals surface area contributed by atoms with Crippen molar-refractivity contribution in [2.75, 3.05) is 6.54 Å². The smallest absolute Gasteiger partial charge is 0.241 e. The molecule has 6 heteroatoms. The van der Waals surface area contributed by atoms with Gasteiger partial charge in [-0.05, 0) is 42.0 Å². The topological polar surface area (TPSA) is 72.7 Å². The van der Waals surface area contributed by atoms with Crippen LogP contribution in [0.25, 0.3) is 0 Å². The van der Waals surface area contributed by atoms with Crippen LogP contribution in [-0.4, -0.2) is 32.7 Å². The van der Waals surface area contributed by atoms with Crippen molar-refractivity contribution < 1.29 is 4.79 Å². The fraction of sp³-hybridized carbons (Fsp3) is 0.875. The molecule has 0 unspecified atom stereocenters. The van der Waals surface area contributed by atoms with E-state index >= 15 is 0 Å². The highest BCUT2D eigenvalue weighted by Gasteiger charge is 2.22. The summed E-state index contributed by atoms with van der Waals surface area (Å²) in [5.41, 5.74) is 0. The van der Waals surface area contributed by atoms with Crippen LogP contribution in [0.4, 0.5) is 0 Å². The molecule has 2 aliphatic rings. The first-order chi connectivity index (χ1) is 10.8. The molecular weight excluding hydrogens is 278 g/mol. The van der Waals surface area contributed by atoms with E-state index < -0.39 is 0 Å². The molecule has 0 aromatic carbocycles. The third-order valence-electron chi connectivity index (χ3n) is 5.14. The monoisotopic (exact) mass is 305 g/mol. The van der Waals surface area contributed by atoms with Gasteiger partial charge in [0.2, 0.25) is 5.91 Å². The molecular formula is C16H27N5O.